The summed E-state index contributed by atoms with van der Waals surface area (Å²) in [4.78, 5) is 1.14. The summed E-state index contributed by atoms with van der Waals surface area (Å²) in [6.07, 6.45) is 0. The molecule has 5 heteroatoms. The van der Waals surface area contributed by atoms with Crippen LogP contribution in [-0.2, 0) is 5.75 Å². The third-order valence-corrected chi connectivity index (χ3v) is 4.26. The van der Waals surface area contributed by atoms with E-state index in [4.69, 9.17) is 19.9 Å². The van der Waals surface area contributed by atoms with E-state index in [0.717, 1.165) is 33.5 Å². The van der Waals surface area contributed by atoms with Crippen molar-refractivity contribution in [3.05, 3.63) is 42.0 Å². The summed E-state index contributed by atoms with van der Waals surface area (Å²) < 4.78 is 16.5. The number of hydrogen-bond donors (Lipinski definition) is 1. The highest BCUT2D eigenvalue weighted by Crippen LogP contribution is 2.36. The van der Waals surface area contributed by atoms with Gasteiger partial charge in [-0.2, -0.15) is 0 Å². The molecule has 0 saturated carbocycles. The maximum atomic E-state index is 5.77. The number of hydrogen-bond acceptors (Lipinski definition) is 5. The molecule has 0 unspecified atom stereocenters. The van der Waals surface area contributed by atoms with Crippen molar-refractivity contribution in [2.24, 2.45) is 0 Å². The van der Waals surface area contributed by atoms with E-state index in [2.05, 4.69) is 0 Å². The van der Waals surface area contributed by atoms with Gasteiger partial charge >= 0.3 is 0 Å². The van der Waals surface area contributed by atoms with E-state index in [1.165, 1.54) is 0 Å². The predicted octanol–water partition coefficient (Wildman–Crippen LogP) is 3.34. The molecule has 0 atom stereocenters. The van der Waals surface area contributed by atoms with Crippen LogP contribution in [0.1, 0.15) is 5.56 Å². The lowest BCUT2D eigenvalue weighted by Crippen LogP contribution is -2.15. The summed E-state index contributed by atoms with van der Waals surface area (Å²) in [6.45, 7) is 1.22. The molecule has 0 radical (unpaired) electrons. The number of methoxy groups -OCH3 is 1. The Morgan fingerprint density at radius 2 is 1.90 bits per heavy atom. The molecule has 1 aliphatic rings. The molecular weight excluding hydrogens is 286 g/mol. The number of anilines is 1. The first kappa shape index (κ1) is 13.9. The number of fused-ring (bicyclic) bond motifs is 1. The van der Waals surface area contributed by atoms with Crippen LogP contribution >= 0.6 is 11.8 Å². The fourth-order valence-corrected chi connectivity index (χ4v) is 3.07. The summed E-state index contributed by atoms with van der Waals surface area (Å²) in [5, 5.41) is 0. The molecule has 1 aliphatic heterocycles. The highest BCUT2D eigenvalue weighted by atomic mass is 32.2. The number of benzene rings is 2. The minimum absolute atomic E-state index is 0.604. The minimum atomic E-state index is 0.604. The summed E-state index contributed by atoms with van der Waals surface area (Å²) >= 11 is 1.73. The highest BCUT2D eigenvalue weighted by molar-refractivity contribution is 7.98. The van der Waals surface area contributed by atoms with Gasteiger partial charge in [-0.15, -0.1) is 11.8 Å². The molecule has 1 heterocycles. The molecule has 2 aromatic rings. The first-order chi connectivity index (χ1) is 10.3. The van der Waals surface area contributed by atoms with E-state index < -0.39 is 0 Å². The molecule has 3 rings (SSSR count). The average molecular weight is 303 g/mol. The maximum absolute atomic E-state index is 5.77. The van der Waals surface area contributed by atoms with E-state index >= 15 is 0 Å². The van der Waals surface area contributed by atoms with Gasteiger partial charge in [-0.1, -0.05) is 6.07 Å². The Hall–Kier alpha value is -2.01. The average Bonchev–Trinajstić information content (AvgIpc) is 2.53. The van der Waals surface area contributed by atoms with E-state index in [1.54, 1.807) is 18.9 Å². The van der Waals surface area contributed by atoms with Gasteiger partial charge in [0.2, 0.25) is 0 Å². The lowest BCUT2D eigenvalue weighted by atomic mass is 10.2. The fourth-order valence-electron chi connectivity index (χ4n) is 2.15. The molecule has 0 fully saturated rings. The number of nitrogens with two attached hydrogens (primary N) is 1. The standard InChI is InChI=1S/C16H17NO3S/c1-18-15-8-12(17)3-2-11(15)10-21-13-4-5-14-16(9-13)20-7-6-19-14/h2-5,8-9H,6-7,10,17H2,1H3. The van der Waals surface area contributed by atoms with Crippen LogP contribution < -0.4 is 19.9 Å². The van der Waals surface area contributed by atoms with Gasteiger partial charge in [0.25, 0.3) is 0 Å². The smallest absolute Gasteiger partial charge is 0.162 e. The van der Waals surface area contributed by atoms with Gasteiger partial charge in [-0.3, -0.25) is 0 Å². The van der Waals surface area contributed by atoms with Crippen LogP contribution in [0.4, 0.5) is 5.69 Å². The number of thioether (sulfide) groups is 1. The highest BCUT2D eigenvalue weighted by Gasteiger charge is 2.12. The quantitative estimate of drug-likeness (QED) is 0.693. The lowest BCUT2D eigenvalue weighted by molar-refractivity contribution is 0.171. The molecule has 0 bridgehead atoms. The Morgan fingerprint density at radius 3 is 2.71 bits per heavy atom. The second kappa shape index (κ2) is 6.18. The molecule has 0 spiro atoms. The van der Waals surface area contributed by atoms with Crippen molar-refractivity contribution in [3.8, 4) is 17.2 Å². The van der Waals surface area contributed by atoms with Crippen molar-refractivity contribution < 1.29 is 14.2 Å². The number of ether oxygens (including phenoxy) is 3. The van der Waals surface area contributed by atoms with Gasteiger partial charge < -0.3 is 19.9 Å². The molecule has 0 saturated heterocycles. The van der Waals surface area contributed by atoms with Crippen LogP contribution in [0.25, 0.3) is 0 Å². The Labute approximate surface area is 128 Å². The monoisotopic (exact) mass is 303 g/mol. The van der Waals surface area contributed by atoms with Crippen molar-refractivity contribution >= 4 is 17.4 Å². The zero-order chi connectivity index (χ0) is 14.7. The topological polar surface area (TPSA) is 53.7 Å². The van der Waals surface area contributed by atoms with Crippen molar-refractivity contribution in [2.45, 2.75) is 10.6 Å². The van der Waals surface area contributed by atoms with Crippen LogP contribution in [0, 0.1) is 0 Å². The van der Waals surface area contributed by atoms with Crippen LogP contribution in [-0.4, -0.2) is 20.3 Å². The molecule has 2 N–H and O–H groups in total. The van der Waals surface area contributed by atoms with Gasteiger partial charge in [0.05, 0.1) is 7.11 Å². The summed E-state index contributed by atoms with van der Waals surface area (Å²) in [6, 6.07) is 11.8. The van der Waals surface area contributed by atoms with Crippen LogP contribution in [0.3, 0.4) is 0 Å². The second-order valence-corrected chi connectivity index (χ2v) is 5.71. The molecule has 0 amide bonds. The van der Waals surface area contributed by atoms with Crippen LogP contribution in [0.15, 0.2) is 41.3 Å². The summed E-state index contributed by atoms with van der Waals surface area (Å²) in [7, 11) is 1.66. The Balaban J connectivity index is 1.73. The largest absolute Gasteiger partial charge is 0.496 e. The van der Waals surface area contributed by atoms with Crippen molar-refractivity contribution in [1.29, 1.82) is 0 Å². The molecule has 2 aromatic carbocycles. The van der Waals surface area contributed by atoms with E-state index in [-0.39, 0.29) is 0 Å². The maximum Gasteiger partial charge on any atom is 0.162 e. The van der Waals surface area contributed by atoms with Gasteiger partial charge in [0, 0.05) is 28.0 Å². The minimum Gasteiger partial charge on any atom is -0.496 e. The van der Waals surface area contributed by atoms with E-state index in [0.29, 0.717) is 18.9 Å². The van der Waals surface area contributed by atoms with Crippen LogP contribution in [0.5, 0.6) is 17.2 Å². The van der Waals surface area contributed by atoms with Gasteiger partial charge in [0.15, 0.2) is 11.5 Å². The molecule has 21 heavy (non-hydrogen) atoms. The lowest BCUT2D eigenvalue weighted by Gasteiger charge is -2.18. The molecular formula is C16H17NO3S. The first-order valence-corrected chi connectivity index (χ1v) is 7.69. The Bertz CT molecular complexity index is 645. The third-order valence-electron chi connectivity index (χ3n) is 3.22. The molecule has 110 valence electrons. The number of nitrogen functional groups attached to an aromatic ring is 1. The van der Waals surface area contributed by atoms with Crippen molar-refractivity contribution in [2.75, 3.05) is 26.1 Å². The summed E-state index contributed by atoms with van der Waals surface area (Å²) in [5.41, 5.74) is 7.59. The summed E-state index contributed by atoms with van der Waals surface area (Å²) in [5.74, 6) is 3.26. The third kappa shape index (κ3) is 3.19. The van der Waals surface area contributed by atoms with E-state index in [9.17, 15) is 0 Å². The van der Waals surface area contributed by atoms with Gasteiger partial charge in [0.1, 0.15) is 19.0 Å². The zero-order valence-corrected chi connectivity index (χ0v) is 12.6. The molecule has 0 aliphatic carbocycles. The van der Waals surface area contributed by atoms with Crippen molar-refractivity contribution in [1.82, 2.24) is 0 Å². The van der Waals surface area contributed by atoms with Gasteiger partial charge in [-0.05, 0) is 24.3 Å². The Kier molecular flexibility index (Phi) is 4.10. The first-order valence-electron chi connectivity index (χ1n) is 6.71. The Morgan fingerprint density at radius 1 is 1.10 bits per heavy atom. The van der Waals surface area contributed by atoms with Crippen molar-refractivity contribution in [3.63, 3.8) is 0 Å². The normalized spacial score (nSPS) is 13.0. The second-order valence-electron chi connectivity index (χ2n) is 4.67. The predicted molar refractivity (Wildman–Crippen MR) is 84.4 cm³/mol. The SMILES string of the molecule is COc1cc(N)ccc1CSc1ccc2c(c1)OCCO2. The molecule has 0 aromatic heterocycles. The number of rotatable bonds is 4. The zero-order valence-electron chi connectivity index (χ0n) is 11.8. The molecule has 4 nitrogen and oxygen atoms in total. The fraction of sp³-hybridized carbons (Fsp3) is 0.250. The van der Waals surface area contributed by atoms with E-state index in [1.807, 2.05) is 36.4 Å². The van der Waals surface area contributed by atoms with Gasteiger partial charge in [-0.25, -0.2) is 0 Å². The van der Waals surface area contributed by atoms with Crippen LogP contribution in [0.2, 0.25) is 0 Å².